The van der Waals surface area contributed by atoms with Gasteiger partial charge in [-0.3, -0.25) is 0 Å². The molecule has 0 saturated carbocycles. The molecule has 3 heteroatoms. The zero-order chi connectivity index (χ0) is 16.5. The average Bonchev–Trinajstić information content (AvgIpc) is 2.58. The summed E-state index contributed by atoms with van der Waals surface area (Å²) in [6.45, 7) is 13.2. The molecule has 0 spiro atoms. The Labute approximate surface area is 142 Å². The van der Waals surface area contributed by atoms with Gasteiger partial charge in [0.2, 0.25) is 0 Å². The predicted molar refractivity (Wildman–Crippen MR) is 97.9 cm³/mol. The van der Waals surface area contributed by atoms with Gasteiger partial charge in [-0.25, -0.2) is 0 Å². The molecule has 3 nitrogen and oxygen atoms in total. The van der Waals surface area contributed by atoms with Gasteiger partial charge in [0.05, 0.1) is 6.61 Å². The molecule has 1 heterocycles. The van der Waals surface area contributed by atoms with Crippen LogP contribution < -0.4 is 10.1 Å². The average molecular weight is 319 g/mol. The van der Waals surface area contributed by atoms with Gasteiger partial charge in [-0.1, -0.05) is 39.3 Å². The first-order valence-corrected chi connectivity index (χ1v) is 9.32. The Morgan fingerprint density at radius 3 is 2.48 bits per heavy atom. The van der Waals surface area contributed by atoms with Gasteiger partial charge in [0.25, 0.3) is 0 Å². The van der Waals surface area contributed by atoms with E-state index in [4.69, 9.17) is 4.74 Å². The van der Waals surface area contributed by atoms with Crippen molar-refractivity contribution in [1.82, 2.24) is 10.2 Å². The number of benzene rings is 1. The lowest BCUT2D eigenvalue weighted by Gasteiger charge is -2.31. The van der Waals surface area contributed by atoms with Crippen molar-refractivity contribution in [3.8, 4) is 5.75 Å². The Bertz CT molecular complexity index is 422. The standard InChI is InChI=1S/C20H34N2O/c1-4-18-9-12-22(13-10-18)14-11-21-15-19-5-7-20(8-6-19)23-16-17(2)3/h5-8,17-18,21H,4,9-16H2,1-3H3. The lowest BCUT2D eigenvalue weighted by molar-refractivity contribution is 0.182. The van der Waals surface area contributed by atoms with Crippen molar-refractivity contribution in [2.75, 3.05) is 32.8 Å². The first-order valence-electron chi connectivity index (χ1n) is 9.32. The molecule has 0 aromatic heterocycles. The third kappa shape index (κ3) is 6.92. The van der Waals surface area contributed by atoms with Crippen molar-refractivity contribution in [1.29, 1.82) is 0 Å². The molecule has 23 heavy (non-hydrogen) atoms. The molecule has 2 rings (SSSR count). The molecule has 1 aliphatic heterocycles. The summed E-state index contributed by atoms with van der Waals surface area (Å²) in [5, 5.41) is 3.56. The highest BCUT2D eigenvalue weighted by Gasteiger charge is 2.16. The summed E-state index contributed by atoms with van der Waals surface area (Å²) in [4.78, 5) is 2.60. The predicted octanol–water partition coefficient (Wildman–Crippen LogP) is 3.93. The molecule has 0 bridgehead atoms. The Hall–Kier alpha value is -1.06. The first kappa shape index (κ1) is 18.3. The number of nitrogens with zero attached hydrogens (tertiary/aromatic N) is 1. The summed E-state index contributed by atoms with van der Waals surface area (Å²) in [6.07, 6.45) is 4.12. The van der Waals surface area contributed by atoms with E-state index in [9.17, 15) is 0 Å². The molecule has 0 radical (unpaired) electrons. The van der Waals surface area contributed by atoms with Crippen LogP contribution in [0.2, 0.25) is 0 Å². The van der Waals surface area contributed by atoms with E-state index in [0.29, 0.717) is 5.92 Å². The van der Waals surface area contributed by atoms with Gasteiger partial charge in [0, 0.05) is 19.6 Å². The van der Waals surface area contributed by atoms with E-state index in [1.54, 1.807) is 0 Å². The van der Waals surface area contributed by atoms with E-state index in [-0.39, 0.29) is 0 Å². The van der Waals surface area contributed by atoms with Gasteiger partial charge >= 0.3 is 0 Å². The van der Waals surface area contributed by atoms with Crippen LogP contribution in [0.3, 0.4) is 0 Å². The molecule has 0 unspecified atom stereocenters. The summed E-state index contributed by atoms with van der Waals surface area (Å²) in [7, 11) is 0. The fraction of sp³-hybridized carbons (Fsp3) is 0.700. The maximum Gasteiger partial charge on any atom is 0.119 e. The lowest BCUT2D eigenvalue weighted by Crippen LogP contribution is -2.38. The monoisotopic (exact) mass is 318 g/mol. The minimum atomic E-state index is 0.568. The molecular weight excluding hydrogens is 284 g/mol. The molecule has 1 aromatic rings. The second kappa shape index (κ2) is 9.94. The summed E-state index contributed by atoms with van der Waals surface area (Å²) in [6, 6.07) is 8.48. The Morgan fingerprint density at radius 1 is 1.17 bits per heavy atom. The van der Waals surface area contributed by atoms with Crippen molar-refractivity contribution in [3.05, 3.63) is 29.8 Å². The van der Waals surface area contributed by atoms with Crippen LogP contribution in [0.1, 0.15) is 45.6 Å². The number of ether oxygens (including phenoxy) is 1. The molecule has 1 N–H and O–H groups in total. The lowest BCUT2D eigenvalue weighted by atomic mass is 9.94. The van der Waals surface area contributed by atoms with Gasteiger partial charge in [0.1, 0.15) is 5.75 Å². The van der Waals surface area contributed by atoms with Crippen LogP contribution in [0.15, 0.2) is 24.3 Å². The quantitative estimate of drug-likeness (QED) is 0.698. The number of nitrogens with one attached hydrogen (secondary N) is 1. The van der Waals surface area contributed by atoms with Gasteiger partial charge in [-0.05, 0) is 55.5 Å². The van der Waals surface area contributed by atoms with Gasteiger partial charge < -0.3 is 15.0 Å². The van der Waals surface area contributed by atoms with Crippen molar-refractivity contribution in [3.63, 3.8) is 0 Å². The summed E-state index contributed by atoms with van der Waals surface area (Å²) in [5.41, 5.74) is 1.33. The maximum atomic E-state index is 5.72. The smallest absolute Gasteiger partial charge is 0.119 e. The van der Waals surface area contributed by atoms with Crippen molar-refractivity contribution in [2.45, 2.75) is 46.6 Å². The van der Waals surface area contributed by atoms with Crippen LogP contribution in [0.4, 0.5) is 0 Å². The zero-order valence-electron chi connectivity index (χ0n) is 15.2. The molecule has 1 aromatic carbocycles. The third-order valence-electron chi connectivity index (χ3n) is 4.73. The van der Waals surface area contributed by atoms with Gasteiger partial charge in [0.15, 0.2) is 0 Å². The molecular formula is C20H34N2O. The van der Waals surface area contributed by atoms with Crippen LogP contribution in [0.25, 0.3) is 0 Å². The highest BCUT2D eigenvalue weighted by molar-refractivity contribution is 5.27. The fourth-order valence-electron chi connectivity index (χ4n) is 3.05. The second-order valence-corrected chi connectivity index (χ2v) is 7.22. The van der Waals surface area contributed by atoms with Crippen LogP contribution in [-0.2, 0) is 6.54 Å². The molecule has 0 aliphatic carbocycles. The summed E-state index contributed by atoms with van der Waals surface area (Å²) < 4.78 is 5.72. The fourth-order valence-corrected chi connectivity index (χ4v) is 3.05. The maximum absolute atomic E-state index is 5.72. The minimum Gasteiger partial charge on any atom is -0.493 e. The van der Waals surface area contributed by atoms with Crippen molar-refractivity contribution < 1.29 is 4.74 Å². The topological polar surface area (TPSA) is 24.5 Å². The molecule has 0 amide bonds. The highest BCUT2D eigenvalue weighted by atomic mass is 16.5. The van der Waals surface area contributed by atoms with Crippen LogP contribution in [0, 0.1) is 11.8 Å². The number of hydrogen-bond acceptors (Lipinski definition) is 3. The molecule has 1 fully saturated rings. The van der Waals surface area contributed by atoms with E-state index in [1.807, 2.05) is 0 Å². The number of piperidine rings is 1. The SMILES string of the molecule is CCC1CCN(CCNCc2ccc(OCC(C)C)cc2)CC1. The van der Waals surface area contributed by atoms with Gasteiger partial charge in [-0.2, -0.15) is 0 Å². The Morgan fingerprint density at radius 2 is 1.87 bits per heavy atom. The molecule has 0 atom stereocenters. The molecule has 130 valence electrons. The third-order valence-corrected chi connectivity index (χ3v) is 4.73. The Balaban J connectivity index is 1.59. The van der Waals surface area contributed by atoms with Crippen LogP contribution in [0.5, 0.6) is 5.75 Å². The van der Waals surface area contributed by atoms with E-state index in [2.05, 4.69) is 55.3 Å². The number of rotatable bonds is 9. The highest BCUT2D eigenvalue weighted by Crippen LogP contribution is 2.19. The van der Waals surface area contributed by atoms with Gasteiger partial charge in [-0.15, -0.1) is 0 Å². The molecule has 1 aliphatic rings. The van der Waals surface area contributed by atoms with E-state index in [0.717, 1.165) is 31.4 Å². The first-order chi connectivity index (χ1) is 11.2. The van der Waals surface area contributed by atoms with Crippen LogP contribution >= 0.6 is 0 Å². The summed E-state index contributed by atoms with van der Waals surface area (Å²) in [5.74, 6) is 2.51. The van der Waals surface area contributed by atoms with Crippen LogP contribution in [-0.4, -0.2) is 37.7 Å². The number of hydrogen-bond donors (Lipinski definition) is 1. The summed E-state index contributed by atoms with van der Waals surface area (Å²) >= 11 is 0. The normalized spacial score (nSPS) is 16.9. The van der Waals surface area contributed by atoms with E-state index < -0.39 is 0 Å². The van der Waals surface area contributed by atoms with E-state index >= 15 is 0 Å². The Kier molecular flexibility index (Phi) is 7.90. The second-order valence-electron chi connectivity index (χ2n) is 7.22. The minimum absolute atomic E-state index is 0.568. The van der Waals surface area contributed by atoms with Crippen molar-refractivity contribution in [2.24, 2.45) is 11.8 Å². The number of likely N-dealkylation sites (tertiary alicyclic amines) is 1. The largest absolute Gasteiger partial charge is 0.493 e. The zero-order valence-corrected chi connectivity index (χ0v) is 15.2. The van der Waals surface area contributed by atoms with E-state index in [1.165, 1.54) is 44.5 Å². The van der Waals surface area contributed by atoms with Crippen molar-refractivity contribution >= 4 is 0 Å². The molecule has 1 saturated heterocycles.